The van der Waals surface area contributed by atoms with Gasteiger partial charge in [-0.3, -0.25) is 14.5 Å². The number of aliphatic carboxylic acids is 1. The largest absolute Gasteiger partial charge is 0.480 e. The van der Waals surface area contributed by atoms with Crippen LogP contribution in [0.15, 0.2) is 18.2 Å². The van der Waals surface area contributed by atoms with Gasteiger partial charge in [0.05, 0.1) is 0 Å². The summed E-state index contributed by atoms with van der Waals surface area (Å²) in [6.45, 7) is 5.04. The van der Waals surface area contributed by atoms with Gasteiger partial charge in [0.1, 0.15) is 5.54 Å². The van der Waals surface area contributed by atoms with Crippen LogP contribution in [0.25, 0.3) is 0 Å². The maximum absolute atomic E-state index is 11.4. The highest BCUT2D eigenvalue weighted by atomic mass is 16.4. The van der Waals surface area contributed by atoms with Crippen molar-refractivity contribution in [2.45, 2.75) is 38.8 Å². The van der Waals surface area contributed by atoms with Crippen LogP contribution in [0.1, 0.15) is 41.3 Å². The van der Waals surface area contributed by atoms with Gasteiger partial charge in [-0.2, -0.15) is 0 Å². The minimum Gasteiger partial charge on any atom is -0.480 e. The molecule has 1 heterocycles. The molecule has 20 heavy (non-hydrogen) atoms. The van der Waals surface area contributed by atoms with Gasteiger partial charge in [-0.15, -0.1) is 0 Å². The Morgan fingerprint density at radius 1 is 1.45 bits per heavy atom. The maximum atomic E-state index is 11.4. The molecule has 0 aliphatic carbocycles. The number of carbonyl (C=O) groups excluding carboxylic acids is 1. The van der Waals surface area contributed by atoms with Crippen molar-refractivity contribution in [3.05, 3.63) is 34.9 Å². The molecule has 0 spiro atoms. The van der Waals surface area contributed by atoms with Crippen molar-refractivity contribution >= 4 is 11.9 Å². The van der Waals surface area contributed by atoms with E-state index in [1.807, 2.05) is 17.9 Å². The number of nitrogens with zero attached hydrogens (tertiary/aromatic N) is 1. The molecule has 3 N–H and O–H groups in total. The number of benzene rings is 1. The number of amides is 1. The van der Waals surface area contributed by atoms with Crippen LogP contribution in [-0.2, 0) is 11.3 Å². The number of likely N-dealkylation sites (tertiary alicyclic amines) is 1. The standard InChI is InChI=1S/C15H20N2O3/c1-10-8-11(13(16)18)4-5-12(10)9-17-7-3-6-15(17,2)14(19)20/h4-5,8H,3,6-7,9H2,1-2H3,(H2,16,18)(H,19,20). The average Bonchev–Trinajstić information content (AvgIpc) is 2.74. The van der Waals surface area contributed by atoms with E-state index in [0.29, 0.717) is 18.5 Å². The molecule has 0 bridgehead atoms. The molecule has 2 rings (SSSR count). The van der Waals surface area contributed by atoms with Crippen molar-refractivity contribution in [3.8, 4) is 0 Å². The van der Waals surface area contributed by atoms with E-state index in [9.17, 15) is 14.7 Å². The van der Waals surface area contributed by atoms with E-state index in [0.717, 1.165) is 24.1 Å². The Morgan fingerprint density at radius 2 is 2.15 bits per heavy atom. The molecular weight excluding hydrogens is 256 g/mol. The summed E-state index contributed by atoms with van der Waals surface area (Å²) in [4.78, 5) is 24.6. The molecule has 0 aromatic heterocycles. The van der Waals surface area contributed by atoms with E-state index in [4.69, 9.17) is 5.73 Å². The zero-order chi connectivity index (χ0) is 14.9. The number of aryl methyl sites for hydroxylation is 1. The predicted octanol–water partition coefficient (Wildman–Crippen LogP) is 1.53. The molecule has 1 atom stereocenters. The van der Waals surface area contributed by atoms with E-state index < -0.39 is 17.4 Å². The number of carbonyl (C=O) groups is 2. The third kappa shape index (κ3) is 2.54. The fourth-order valence-electron chi connectivity index (χ4n) is 2.75. The zero-order valence-electron chi connectivity index (χ0n) is 11.8. The van der Waals surface area contributed by atoms with Crippen LogP contribution in [-0.4, -0.2) is 34.0 Å². The van der Waals surface area contributed by atoms with E-state index in [1.54, 1.807) is 19.1 Å². The van der Waals surface area contributed by atoms with Crippen LogP contribution in [0.4, 0.5) is 0 Å². The Kier molecular flexibility index (Phi) is 3.81. The quantitative estimate of drug-likeness (QED) is 0.873. The highest BCUT2D eigenvalue weighted by Gasteiger charge is 2.43. The van der Waals surface area contributed by atoms with Crippen molar-refractivity contribution in [3.63, 3.8) is 0 Å². The van der Waals surface area contributed by atoms with Crippen LogP contribution in [0.5, 0.6) is 0 Å². The van der Waals surface area contributed by atoms with Crippen LogP contribution in [0.2, 0.25) is 0 Å². The zero-order valence-corrected chi connectivity index (χ0v) is 11.8. The van der Waals surface area contributed by atoms with Crippen LogP contribution in [0, 0.1) is 6.92 Å². The van der Waals surface area contributed by atoms with Crippen LogP contribution in [0.3, 0.4) is 0 Å². The van der Waals surface area contributed by atoms with Crippen molar-refractivity contribution < 1.29 is 14.7 Å². The second kappa shape index (κ2) is 5.25. The Balaban J connectivity index is 2.22. The summed E-state index contributed by atoms with van der Waals surface area (Å²) in [5.41, 5.74) is 6.93. The molecule has 108 valence electrons. The lowest BCUT2D eigenvalue weighted by Crippen LogP contribution is -2.47. The first-order valence-corrected chi connectivity index (χ1v) is 6.72. The summed E-state index contributed by atoms with van der Waals surface area (Å²) < 4.78 is 0. The van der Waals surface area contributed by atoms with Crippen molar-refractivity contribution in [2.24, 2.45) is 5.73 Å². The minimum absolute atomic E-state index is 0.448. The second-order valence-corrected chi connectivity index (χ2v) is 5.61. The topological polar surface area (TPSA) is 83.6 Å². The summed E-state index contributed by atoms with van der Waals surface area (Å²) in [6.07, 6.45) is 1.56. The van der Waals surface area contributed by atoms with Gasteiger partial charge < -0.3 is 10.8 Å². The number of hydrogen-bond donors (Lipinski definition) is 2. The Morgan fingerprint density at radius 3 is 2.70 bits per heavy atom. The van der Waals surface area contributed by atoms with Crippen molar-refractivity contribution in [1.82, 2.24) is 4.90 Å². The highest BCUT2D eigenvalue weighted by molar-refractivity contribution is 5.93. The maximum Gasteiger partial charge on any atom is 0.323 e. The van der Waals surface area contributed by atoms with Gasteiger partial charge in [-0.1, -0.05) is 6.07 Å². The van der Waals surface area contributed by atoms with Crippen LogP contribution < -0.4 is 5.73 Å². The van der Waals surface area contributed by atoms with E-state index in [-0.39, 0.29) is 0 Å². The Bertz CT molecular complexity index is 556. The van der Waals surface area contributed by atoms with Crippen molar-refractivity contribution in [2.75, 3.05) is 6.54 Å². The third-order valence-corrected chi connectivity index (χ3v) is 4.24. The number of carboxylic acid groups (broad SMARTS) is 1. The van der Waals surface area contributed by atoms with E-state index in [2.05, 4.69) is 0 Å². The first kappa shape index (κ1) is 14.5. The summed E-state index contributed by atoms with van der Waals surface area (Å²) in [7, 11) is 0. The Hall–Kier alpha value is -1.88. The van der Waals surface area contributed by atoms with Gasteiger partial charge in [0.25, 0.3) is 0 Å². The lowest BCUT2D eigenvalue weighted by atomic mass is 9.97. The van der Waals surface area contributed by atoms with Gasteiger partial charge in [-0.05, 0) is 56.5 Å². The molecule has 1 saturated heterocycles. The molecule has 1 amide bonds. The minimum atomic E-state index is -0.797. The molecule has 1 aliphatic heterocycles. The molecule has 5 heteroatoms. The summed E-state index contributed by atoms with van der Waals surface area (Å²) in [5.74, 6) is -1.22. The number of nitrogens with two attached hydrogens (primary N) is 1. The molecule has 1 fully saturated rings. The van der Waals surface area contributed by atoms with Gasteiger partial charge in [0.2, 0.25) is 5.91 Å². The molecule has 0 saturated carbocycles. The average molecular weight is 276 g/mol. The lowest BCUT2D eigenvalue weighted by Gasteiger charge is -2.31. The molecule has 5 nitrogen and oxygen atoms in total. The normalized spacial score (nSPS) is 22.9. The third-order valence-electron chi connectivity index (χ3n) is 4.24. The first-order chi connectivity index (χ1) is 9.34. The van der Waals surface area contributed by atoms with Crippen molar-refractivity contribution in [1.29, 1.82) is 0 Å². The Labute approximate surface area is 118 Å². The second-order valence-electron chi connectivity index (χ2n) is 5.61. The first-order valence-electron chi connectivity index (χ1n) is 6.72. The van der Waals surface area contributed by atoms with Gasteiger partial charge in [0, 0.05) is 12.1 Å². The van der Waals surface area contributed by atoms with E-state index in [1.165, 1.54) is 0 Å². The van der Waals surface area contributed by atoms with Gasteiger partial charge in [0.15, 0.2) is 0 Å². The fraction of sp³-hybridized carbons (Fsp3) is 0.467. The molecule has 1 aromatic carbocycles. The number of primary amides is 1. The number of carboxylic acids is 1. The summed E-state index contributed by atoms with van der Waals surface area (Å²) in [6, 6.07) is 5.31. The molecular formula is C15H20N2O3. The SMILES string of the molecule is Cc1cc(C(N)=O)ccc1CN1CCCC1(C)C(=O)O. The molecule has 1 unspecified atom stereocenters. The highest BCUT2D eigenvalue weighted by Crippen LogP contribution is 2.31. The molecule has 1 aliphatic rings. The van der Waals surface area contributed by atoms with Crippen LogP contribution >= 0.6 is 0 Å². The predicted molar refractivity (Wildman–Crippen MR) is 75.4 cm³/mol. The lowest BCUT2D eigenvalue weighted by molar-refractivity contribution is -0.148. The summed E-state index contributed by atoms with van der Waals surface area (Å²) in [5, 5.41) is 9.40. The monoisotopic (exact) mass is 276 g/mol. The number of rotatable bonds is 4. The smallest absolute Gasteiger partial charge is 0.323 e. The molecule has 1 aromatic rings. The van der Waals surface area contributed by atoms with Gasteiger partial charge >= 0.3 is 5.97 Å². The van der Waals surface area contributed by atoms with Gasteiger partial charge in [-0.25, -0.2) is 0 Å². The summed E-state index contributed by atoms with van der Waals surface area (Å²) >= 11 is 0. The molecule has 0 radical (unpaired) electrons. The fourth-order valence-corrected chi connectivity index (χ4v) is 2.75. The van der Waals surface area contributed by atoms with E-state index >= 15 is 0 Å². The number of hydrogen-bond acceptors (Lipinski definition) is 3.